The van der Waals surface area contributed by atoms with E-state index in [-0.39, 0.29) is 0 Å². The van der Waals surface area contributed by atoms with Gasteiger partial charge < -0.3 is 10.4 Å². The third-order valence-corrected chi connectivity index (χ3v) is 5.49. The Hall–Kier alpha value is -1.32. The van der Waals surface area contributed by atoms with Gasteiger partial charge in [-0.3, -0.25) is 0 Å². The Kier molecular flexibility index (Phi) is 5.16. The van der Waals surface area contributed by atoms with E-state index in [9.17, 15) is 5.11 Å². The first-order valence-corrected chi connectivity index (χ1v) is 9.22. The molecule has 118 valence electrons. The second kappa shape index (κ2) is 7.30. The maximum absolute atomic E-state index is 9.96. The summed E-state index contributed by atoms with van der Waals surface area (Å²) in [5, 5.41) is 16.0. The van der Waals surface area contributed by atoms with Crippen molar-refractivity contribution in [1.29, 1.82) is 0 Å². The molecule has 3 rings (SSSR count). The fourth-order valence-electron chi connectivity index (χ4n) is 3.53. The largest absolute Gasteiger partial charge is 0.508 e. The molecule has 0 saturated heterocycles. The lowest BCUT2D eigenvalue weighted by Gasteiger charge is -2.30. The third kappa shape index (κ3) is 3.71. The summed E-state index contributed by atoms with van der Waals surface area (Å²) in [6.07, 6.45) is 6.71. The molecule has 0 bridgehead atoms. The maximum atomic E-state index is 9.96. The smallest absolute Gasteiger partial charge is 0.119 e. The molecule has 0 amide bonds. The molecule has 2 atom stereocenters. The lowest BCUT2D eigenvalue weighted by Crippen LogP contribution is -2.42. The van der Waals surface area contributed by atoms with Gasteiger partial charge in [0.1, 0.15) is 5.75 Å². The molecule has 1 heterocycles. The lowest BCUT2D eigenvalue weighted by atomic mass is 9.87. The number of thiophene rings is 1. The second-order valence-corrected chi connectivity index (χ2v) is 7.32. The normalized spacial score (nSPS) is 18.9. The van der Waals surface area contributed by atoms with Crippen LogP contribution >= 0.6 is 11.3 Å². The van der Waals surface area contributed by atoms with Gasteiger partial charge in [0.15, 0.2) is 0 Å². The molecule has 2 nitrogen and oxygen atoms in total. The van der Waals surface area contributed by atoms with Gasteiger partial charge in [-0.25, -0.2) is 0 Å². The Labute approximate surface area is 137 Å². The van der Waals surface area contributed by atoms with Gasteiger partial charge >= 0.3 is 0 Å². The molecule has 1 unspecified atom stereocenters. The standard InChI is InChI=1S/C19H25NOS/c1-2-5-15(13-17-7-4-11-22-17)20-16-9-10-18-14(12-16)6-3-8-19(18)21/h3-4,6-8,11,15-16,20-21H,2,5,9-10,12-13H2,1H3/t15?,16-/m0/s1. The molecule has 1 aromatic carbocycles. The summed E-state index contributed by atoms with van der Waals surface area (Å²) in [7, 11) is 0. The van der Waals surface area contributed by atoms with E-state index >= 15 is 0 Å². The summed E-state index contributed by atoms with van der Waals surface area (Å²) in [6.45, 7) is 2.26. The Morgan fingerprint density at radius 1 is 1.32 bits per heavy atom. The average Bonchev–Trinajstić information content (AvgIpc) is 3.00. The minimum atomic E-state index is 0.472. The van der Waals surface area contributed by atoms with Crippen LogP contribution < -0.4 is 5.32 Å². The number of benzene rings is 1. The molecule has 0 radical (unpaired) electrons. The quantitative estimate of drug-likeness (QED) is 0.832. The molecule has 2 N–H and O–H groups in total. The average molecular weight is 315 g/mol. The zero-order valence-corrected chi connectivity index (χ0v) is 14.0. The van der Waals surface area contributed by atoms with E-state index < -0.39 is 0 Å². The minimum Gasteiger partial charge on any atom is -0.508 e. The minimum absolute atomic E-state index is 0.472. The summed E-state index contributed by atoms with van der Waals surface area (Å²) < 4.78 is 0. The van der Waals surface area contributed by atoms with E-state index in [0.717, 1.165) is 31.2 Å². The Balaban J connectivity index is 1.64. The maximum Gasteiger partial charge on any atom is 0.119 e. The first kappa shape index (κ1) is 15.6. The first-order valence-electron chi connectivity index (χ1n) is 8.34. The van der Waals surface area contributed by atoms with Crippen molar-refractivity contribution in [1.82, 2.24) is 5.32 Å². The van der Waals surface area contributed by atoms with Crippen molar-refractivity contribution in [3.05, 3.63) is 51.7 Å². The van der Waals surface area contributed by atoms with Crippen LogP contribution in [0, 0.1) is 0 Å². The summed E-state index contributed by atoms with van der Waals surface area (Å²) in [5.74, 6) is 0.472. The Morgan fingerprint density at radius 3 is 3.00 bits per heavy atom. The zero-order valence-electron chi connectivity index (χ0n) is 13.2. The molecule has 0 fully saturated rings. The second-order valence-electron chi connectivity index (χ2n) is 6.29. The highest BCUT2D eigenvalue weighted by Gasteiger charge is 2.22. The highest BCUT2D eigenvalue weighted by molar-refractivity contribution is 7.09. The van der Waals surface area contributed by atoms with Crippen LogP contribution in [0.25, 0.3) is 0 Å². The molecule has 2 aromatic rings. The summed E-state index contributed by atoms with van der Waals surface area (Å²) in [4.78, 5) is 1.47. The lowest BCUT2D eigenvalue weighted by molar-refractivity contribution is 0.370. The van der Waals surface area contributed by atoms with Gasteiger partial charge in [-0.15, -0.1) is 11.3 Å². The van der Waals surface area contributed by atoms with E-state index in [1.165, 1.54) is 23.3 Å². The van der Waals surface area contributed by atoms with Crippen LogP contribution in [0.5, 0.6) is 5.75 Å². The van der Waals surface area contributed by atoms with E-state index in [2.05, 4.69) is 35.8 Å². The topological polar surface area (TPSA) is 32.3 Å². The Morgan fingerprint density at radius 2 is 2.23 bits per heavy atom. The fourth-order valence-corrected chi connectivity index (χ4v) is 4.31. The van der Waals surface area contributed by atoms with E-state index in [0.29, 0.717) is 17.8 Å². The van der Waals surface area contributed by atoms with Crippen molar-refractivity contribution in [2.24, 2.45) is 0 Å². The fraction of sp³-hybridized carbons (Fsp3) is 0.474. The van der Waals surface area contributed by atoms with Crippen LogP contribution in [0.2, 0.25) is 0 Å². The predicted octanol–water partition coefficient (Wildman–Crippen LogP) is 4.31. The van der Waals surface area contributed by atoms with Crippen molar-refractivity contribution < 1.29 is 5.11 Å². The molecule has 1 aromatic heterocycles. The van der Waals surface area contributed by atoms with Gasteiger partial charge in [-0.1, -0.05) is 31.5 Å². The van der Waals surface area contributed by atoms with E-state index in [1.807, 2.05) is 23.5 Å². The number of aromatic hydroxyl groups is 1. The number of hydrogen-bond donors (Lipinski definition) is 2. The van der Waals surface area contributed by atoms with Gasteiger partial charge in [0, 0.05) is 17.0 Å². The van der Waals surface area contributed by atoms with Crippen molar-refractivity contribution in [2.75, 3.05) is 0 Å². The highest BCUT2D eigenvalue weighted by atomic mass is 32.1. The van der Waals surface area contributed by atoms with Crippen molar-refractivity contribution in [3.8, 4) is 5.75 Å². The third-order valence-electron chi connectivity index (χ3n) is 4.59. The van der Waals surface area contributed by atoms with Crippen molar-refractivity contribution in [3.63, 3.8) is 0 Å². The zero-order chi connectivity index (χ0) is 15.4. The predicted molar refractivity (Wildman–Crippen MR) is 93.8 cm³/mol. The van der Waals surface area contributed by atoms with Crippen LogP contribution in [-0.2, 0) is 19.3 Å². The molecule has 0 spiro atoms. The molecule has 22 heavy (non-hydrogen) atoms. The number of nitrogens with one attached hydrogen (secondary N) is 1. The molecule has 1 aliphatic rings. The summed E-state index contributed by atoms with van der Waals surface area (Å²) >= 11 is 1.86. The van der Waals surface area contributed by atoms with Crippen molar-refractivity contribution in [2.45, 2.75) is 57.5 Å². The van der Waals surface area contributed by atoms with Crippen LogP contribution in [0.1, 0.15) is 42.2 Å². The SMILES string of the molecule is CCCC(Cc1cccs1)N[C@H]1CCc2c(O)cccc2C1. The number of phenolic OH excluding ortho intramolecular Hbond substituents is 1. The highest BCUT2D eigenvalue weighted by Crippen LogP contribution is 2.29. The molecular formula is C19H25NOS. The molecule has 0 saturated carbocycles. The van der Waals surface area contributed by atoms with Gasteiger partial charge in [0.2, 0.25) is 0 Å². The van der Waals surface area contributed by atoms with E-state index in [4.69, 9.17) is 0 Å². The van der Waals surface area contributed by atoms with Crippen LogP contribution in [-0.4, -0.2) is 17.2 Å². The Bertz CT molecular complexity index is 593. The van der Waals surface area contributed by atoms with Gasteiger partial charge in [-0.05, 0) is 60.7 Å². The van der Waals surface area contributed by atoms with E-state index in [1.54, 1.807) is 0 Å². The first-order chi connectivity index (χ1) is 10.8. The van der Waals surface area contributed by atoms with Gasteiger partial charge in [0.05, 0.1) is 0 Å². The number of fused-ring (bicyclic) bond motifs is 1. The van der Waals surface area contributed by atoms with Crippen molar-refractivity contribution >= 4 is 11.3 Å². The molecule has 3 heteroatoms. The number of rotatable bonds is 6. The monoisotopic (exact) mass is 315 g/mol. The van der Waals surface area contributed by atoms with Gasteiger partial charge in [-0.2, -0.15) is 0 Å². The number of hydrogen-bond acceptors (Lipinski definition) is 3. The summed E-state index contributed by atoms with van der Waals surface area (Å²) in [6, 6.07) is 11.4. The summed E-state index contributed by atoms with van der Waals surface area (Å²) in [5.41, 5.74) is 2.47. The molecule has 0 aliphatic heterocycles. The number of phenols is 1. The van der Waals surface area contributed by atoms with Crippen LogP contribution in [0.4, 0.5) is 0 Å². The van der Waals surface area contributed by atoms with Crippen LogP contribution in [0.15, 0.2) is 35.7 Å². The van der Waals surface area contributed by atoms with Gasteiger partial charge in [0.25, 0.3) is 0 Å². The van der Waals surface area contributed by atoms with Crippen LogP contribution in [0.3, 0.4) is 0 Å². The molecule has 1 aliphatic carbocycles. The molecular weight excluding hydrogens is 290 g/mol.